The Kier molecular flexibility index (Phi) is 1.03. The second-order valence-electron chi connectivity index (χ2n) is 2.68. The first kappa shape index (κ1) is 6.55. The van der Waals surface area contributed by atoms with E-state index in [0.29, 0.717) is 17.5 Å². The molecule has 3 heterocycles. The number of nitrogens with zero attached hydrogens (tertiary/aromatic N) is 3. The fraction of sp³-hybridized carbons (Fsp3) is 0. The first-order valence-corrected chi connectivity index (χ1v) is 3.75. The van der Waals surface area contributed by atoms with Gasteiger partial charge in [-0.25, -0.2) is 0 Å². The average molecular weight is 175 g/mol. The van der Waals surface area contributed by atoms with Gasteiger partial charge >= 0.3 is 11.8 Å². The van der Waals surface area contributed by atoms with Gasteiger partial charge in [0.1, 0.15) is 0 Å². The molecule has 0 aromatic carbocycles. The van der Waals surface area contributed by atoms with Crippen molar-refractivity contribution in [2.24, 2.45) is 4.99 Å². The summed E-state index contributed by atoms with van der Waals surface area (Å²) in [5, 5.41) is 2.62. The first-order valence-electron chi connectivity index (χ1n) is 3.75. The fourth-order valence-corrected chi connectivity index (χ4v) is 1.37. The number of hydrogen-bond donors (Lipinski definition) is 2. The highest BCUT2D eigenvalue weighted by Gasteiger charge is 2.41. The molecule has 0 unspecified atom stereocenters. The molecule has 0 saturated carbocycles. The molecule has 0 spiro atoms. The third-order valence-corrected chi connectivity index (χ3v) is 1.94. The van der Waals surface area contributed by atoms with Crippen molar-refractivity contribution in [1.29, 1.82) is 0 Å². The van der Waals surface area contributed by atoms with E-state index in [1.807, 2.05) is 0 Å². The van der Waals surface area contributed by atoms with Crippen LogP contribution in [-0.2, 0) is 0 Å². The summed E-state index contributed by atoms with van der Waals surface area (Å²) in [6, 6.07) is 0. The number of guanidine groups is 1. The summed E-state index contributed by atoms with van der Waals surface area (Å²) in [5.41, 5.74) is 0.463. The molecule has 0 aliphatic carbocycles. The first-order chi connectivity index (χ1) is 6.36. The highest BCUT2D eigenvalue weighted by Crippen LogP contribution is 2.21. The number of imidazole rings is 1. The van der Waals surface area contributed by atoms with Gasteiger partial charge < -0.3 is 4.98 Å². The van der Waals surface area contributed by atoms with Gasteiger partial charge in [-0.2, -0.15) is 9.98 Å². The van der Waals surface area contributed by atoms with E-state index < -0.39 is 0 Å². The molecular formula is C7H5N5O+. The van der Waals surface area contributed by atoms with Crippen LogP contribution in [0.3, 0.4) is 0 Å². The van der Waals surface area contributed by atoms with Crippen molar-refractivity contribution in [1.82, 2.24) is 20.2 Å². The van der Waals surface area contributed by atoms with Crippen molar-refractivity contribution >= 4 is 17.7 Å². The number of rotatable bonds is 0. The summed E-state index contributed by atoms with van der Waals surface area (Å²) in [6.45, 7) is 0. The lowest BCUT2D eigenvalue weighted by Gasteiger charge is -2.09. The average Bonchev–Trinajstić information content (AvgIpc) is 2.66. The van der Waals surface area contributed by atoms with E-state index in [-0.39, 0.29) is 5.91 Å². The van der Waals surface area contributed by atoms with Crippen molar-refractivity contribution in [2.75, 3.05) is 0 Å². The van der Waals surface area contributed by atoms with Crippen molar-refractivity contribution in [3.05, 3.63) is 24.4 Å². The number of aliphatic imine (C=N–C) groups is 1. The molecule has 1 amide bonds. The van der Waals surface area contributed by atoms with Crippen LogP contribution in [0.4, 0.5) is 5.82 Å². The summed E-state index contributed by atoms with van der Waals surface area (Å²) in [6.07, 6.45) is 4.84. The number of aromatic amines is 1. The Bertz CT molecular complexity index is 443. The molecule has 1 aromatic heterocycles. The van der Waals surface area contributed by atoms with E-state index in [2.05, 4.69) is 20.3 Å². The maximum Gasteiger partial charge on any atom is 0.371 e. The van der Waals surface area contributed by atoms with Crippen LogP contribution in [-0.4, -0.2) is 21.8 Å². The molecule has 63 valence electrons. The molecule has 6 nitrogen and oxygen atoms in total. The smallest absolute Gasteiger partial charge is 0.335 e. The van der Waals surface area contributed by atoms with Crippen LogP contribution in [0.25, 0.3) is 0 Å². The topological polar surface area (TPSA) is 76.0 Å². The number of amides is 1. The van der Waals surface area contributed by atoms with Crippen LogP contribution in [0.1, 0.15) is 10.5 Å². The Balaban J connectivity index is 2.24. The lowest BCUT2D eigenvalue weighted by molar-refractivity contribution is 0.0967. The molecule has 2 aliphatic rings. The van der Waals surface area contributed by atoms with Crippen LogP contribution in [0.2, 0.25) is 0 Å². The van der Waals surface area contributed by atoms with Crippen LogP contribution in [0.5, 0.6) is 0 Å². The van der Waals surface area contributed by atoms with E-state index in [1.54, 1.807) is 17.3 Å². The van der Waals surface area contributed by atoms with E-state index in [1.165, 1.54) is 6.33 Å². The highest BCUT2D eigenvalue weighted by molar-refractivity contribution is 6.14. The van der Waals surface area contributed by atoms with Gasteiger partial charge in [-0.15, -0.1) is 0 Å². The van der Waals surface area contributed by atoms with Gasteiger partial charge in [-0.1, -0.05) is 0 Å². The molecule has 0 atom stereocenters. The Morgan fingerprint density at radius 1 is 1.46 bits per heavy atom. The fourth-order valence-electron chi connectivity index (χ4n) is 1.37. The molecule has 2 aliphatic heterocycles. The van der Waals surface area contributed by atoms with Gasteiger partial charge in [0.25, 0.3) is 5.91 Å². The summed E-state index contributed by atoms with van der Waals surface area (Å²) in [4.78, 5) is 23.8. The second kappa shape index (κ2) is 2.05. The van der Waals surface area contributed by atoms with Crippen LogP contribution < -0.4 is 10.2 Å². The zero-order valence-electron chi connectivity index (χ0n) is 6.48. The molecule has 0 fully saturated rings. The van der Waals surface area contributed by atoms with Gasteiger partial charge in [0.2, 0.25) is 0 Å². The van der Waals surface area contributed by atoms with E-state index >= 15 is 0 Å². The maximum atomic E-state index is 11.4. The third kappa shape index (κ3) is 0.721. The minimum Gasteiger partial charge on any atom is -0.335 e. The van der Waals surface area contributed by atoms with Crippen molar-refractivity contribution < 1.29 is 4.79 Å². The molecule has 6 heteroatoms. The monoisotopic (exact) mass is 175 g/mol. The summed E-state index contributed by atoms with van der Waals surface area (Å²) in [5.74, 6) is 0.895. The Morgan fingerprint density at radius 2 is 2.38 bits per heavy atom. The number of H-pyrrole nitrogens is 1. The van der Waals surface area contributed by atoms with Crippen LogP contribution in [0.15, 0.2) is 23.7 Å². The van der Waals surface area contributed by atoms with E-state index in [4.69, 9.17) is 0 Å². The van der Waals surface area contributed by atoms with Crippen molar-refractivity contribution in [3.63, 3.8) is 0 Å². The van der Waals surface area contributed by atoms with Gasteiger partial charge in [-0.05, 0) is 4.90 Å². The largest absolute Gasteiger partial charge is 0.371 e. The molecule has 1 radical (unpaired) electrons. The maximum absolute atomic E-state index is 11.4. The zero-order chi connectivity index (χ0) is 8.84. The number of carbonyl (C=O) groups excluding carboxylic acids is 1. The third-order valence-electron chi connectivity index (χ3n) is 1.94. The normalized spacial score (nSPS) is 19.4. The Labute approximate surface area is 73.0 Å². The molecule has 1 aromatic rings. The number of carbonyl (C=O) groups is 1. The quantitative estimate of drug-likeness (QED) is 0.534. The predicted molar refractivity (Wildman–Crippen MR) is 44.4 cm³/mol. The molecule has 2 N–H and O–H groups in total. The van der Waals surface area contributed by atoms with Gasteiger partial charge in [0.05, 0.1) is 12.5 Å². The van der Waals surface area contributed by atoms with Crippen molar-refractivity contribution in [3.8, 4) is 0 Å². The van der Waals surface area contributed by atoms with Gasteiger partial charge in [0.15, 0.2) is 11.9 Å². The number of nitrogens with one attached hydrogen (secondary N) is 2. The van der Waals surface area contributed by atoms with E-state index in [0.717, 1.165) is 0 Å². The van der Waals surface area contributed by atoms with E-state index in [9.17, 15) is 4.79 Å². The van der Waals surface area contributed by atoms with Gasteiger partial charge in [0, 0.05) is 0 Å². The molecular weight excluding hydrogens is 170 g/mol. The lowest BCUT2D eigenvalue weighted by atomic mass is 10.3. The number of aromatic nitrogens is 2. The summed E-state index contributed by atoms with van der Waals surface area (Å²) in [7, 11) is 0. The van der Waals surface area contributed by atoms with Crippen LogP contribution in [0, 0.1) is 0 Å². The van der Waals surface area contributed by atoms with Crippen LogP contribution >= 0.6 is 0 Å². The molecule has 13 heavy (non-hydrogen) atoms. The number of fused-ring (bicyclic) bond motifs is 3. The minimum absolute atomic E-state index is 0.203. The number of anilines is 1. The standard InChI is InChI=1S/C7H5N5O/c13-6-4-5(10-3-9-4)12-2-1-8-7(12)11-6/h1-3H,(H,9,10)(H,8,11,13)/q+1. The Hall–Kier alpha value is -1.95. The van der Waals surface area contributed by atoms with Gasteiger partial charge in [-0.3, -0.25) is 10.1 Å². The highest BCUT2D eigenvalue weighted by atomic mass is 16.2. The molecule has 3 rings (SSSR count). The zero-order valence-corrected chi connectivity index (χ0v) is 6.48. The lowest BCUT2D eigenvalue weighted by Crippen LogP contribution is -2.46. The second-order valence-corrected chi connectivity index (χ2v) is 2.68. The molecule has 0 saturated heterocycles. The van der Waals surface area contributed by atoms with Crippen molar-refractivity contribution in [2.45, 2.75) is 0 Å². The Morgan fingerprint density at radius 3 is 3.31 bits per heavy atom. The number of hydrogen-bond acceptors (Lipinski definition) is 4. The summed E-state index contributed by atoms with van der Waals surface area (Å²) >= 11 is 0. The minimum atomic E-state index is -0.203. The SMILES string of the molecule is O=C1NC2=NC=C[N+]2c2nc[nH]c21. The predicted octanol–water partition coefficient (Wildman–Crippen LogP) is -0.234. The molecule has 0 bridgehead atoms. The summed E-state index contributed by atoms with van der Waals surface area (Å²) < 4.78 is 0.